The fraction of sp³-hybridized carbons (Fsp3) is 0.0714. The molecule has 110 valence electrons. The SMILES string of the molecule is NC(=O)NNCc1ccc(Oc2cc(F)cc(F)c2)cc1. The summed E-state index contributed by atoms with van der Waals surface area (Å²) in [6.45, 7) is 0.373. The molecule has 0 heterocycles. The molecule has 4 N–H and O–H groups in total. The quantitative estimate of drug-likeness (QED) is 0.741. The van der Waals surface area contributed by atoms with Crippen LogP contribution in [0.2, 0.25) is 0 Å². The van der Waals surface area contributed by atoms with Crippen LogP contribution in [-0.2, 0) is 6.54 Å². The molecule has 0 unspecified atom stereocenters. The van der Waals surface area contributed by atoms with Gasteiger partial charge < -0.3 is 10.5 Å². The van der Waals surface area contributed by atoms with Gasteiger partial charge in [0.25, 0.3) is 0 Å². The molecule has 2 amide bonds. The highest BCUT2D eigenvalue weighted by atomic mass is 19.1. The topological polar surface area (TPSA) is 76.4 Å². The lowest BCUT2D eigenvalue weighted by molar-refractivity contribution is 0.244. The molecule has 7 heteroatoms. The van der Waals surface area contributed by atoms with Crippen molar-refractivity contribution in [2.45, 2.75) is 6.54 Å². The van der Waals surface area contributed by atoms with E-state index in [-0.39, 0.29) is 5.75 Å². The largest absolute Gasteiger partial charge is 0.457 e. The van der Waals surface area contributed by atoms with Gasteiger partial charge in [-0.2, -0.15) is 0 Å². The van der Waals surface area contributed by atoms with Gasteiger partial charge in [0.15, 0.2) is 0 Å². The molecule has 21 heavy (non-hydrogen) atoms. The second-order valence-electron chi connectivity index (χ2n) is 4.19. The Morgan fingerprint density at radius 1 is 1.05 bits per heavy atom. The zero-order valence-corrected chi connectivity index (χ0v) is 10.9. The van der Waals surface area contributed by atoms with Gasteiger partial charge in [0.2, 0.25) is 0 Å². The van der Waals surface area contributed by atoms with Crippen LogP contribution >= 0.6 is 0 Å². The molecule has 0 saturated carbocycles. The minimum atomic E-state index is -0.705. The van der Waals surface area contributed by atoms with E-state index in [0.29, 0.717) is 12.3 Å². The number of hydrazine groups is 1. The number of halogens is 2. The Labute approximate surface area is 119 Å². The summed E-state index contributed by atoms with van der Waals surface area (Å²) in [5.41, 5.74) is 10.6. The van der Waals surface area contributed by atoms with Crippen molar-refractivity contribution in [3.8, 4) is 11.5 Å². The molecule has 0 aromatic heterocycles. The van der Waals surface area contributed by atoms with Crippen molar-refractivity contribution in [1.29, 1.82) is 0 Å². The first-order valence-electron chi connectivity index (χ1n) is 6.04. The first-order chi connectivity index (χ1) is 10.0. The Morgan fingerprint density at radius 3 is 2.24 bits per heavy atom. The maximum atomic E-state index is 13.0. The van der Waals surface area contributed by atoms with Gasteiger partial charge in [0.1, 0.15) is 23.1 Å². The van der Waals surface area contributed by atoms with E-state index in [1.54, 1.807) is 24.3 Å². The standard InChI is InChI=1S/C14H13F2N3O2/c15-10-5-11(16)7-13(6-10)21-12-3-1-9(2-4-12)8-18-19-14(17)20/h1-7,18H,8H2,(H3,17,19,20). The summed E-state index contributed by atoms with van der Waals surface area (Å²) in [7, 11) is 0. The number of hydrogen-bond donors (Lipinski definition) is 3. The van der Waals surface area contributed by atoms with Crippen LogP contribution in [-0.4, -0.2) is 6.03 Å². The number of nitrogens with two attached hydrogens (primary N) is 1. The molecular formula is C14H13F2N3O2. The predicted molar refractivity (Wildman–Crippen MR) is 72.4 cm³/mol. The minimum Gasteiger partial charge on any atom is -0.457 e. The number of rotatable bonds is 5. The molecule has 2 aromatic carbocycles. The fourth-order valence-corrected chi connectivity index (χ4v) is 1.63. The van der Waals surface area contributed by atoms with Crippen LogP contribution in [0.5, 0.6) is 11.5 Å². The molecule has 0 aliphatic heterocycles. The first kappa shape index (κ1) is 14.7. The minimum absolute atomic E-state index is 0.0776. The highest BCUT2D eigenvalue weighted by Gasteiger charge is 2.03. The van der Waals surface area contributed by atoms with E-state index < -0.39 is 17.7 Å². The number of primary amides is 1. The van der Waals surface area contributed by atoms with Crippen LogP contribution in [0.15, 0.2) is 42.5 Å². The summed E-state index contributed by atoms with van der Waals surface area (Å²) in [6, 6.07) is 9.04. The van der Waals surface area contributed by atoms with Crippen LogP contribution in [0.4, 0.5) is 13.6 Å². The van der Waals surface area contributed by atoms with Crippen LogP contribution < -0.4 is 21.3 Å². The van der Waals surface area contributed by atoms with E-state index in [2.05, 4.69) is 10.9 Å². The molecular weight excluding hydrogens is 280 g/mol. The lowest BCUT2D eigenvalue weighted by Crippen LogP contribution is -2.40. The molecule has 0 bridgehead atoms. The lowest BCUT2D eigenvalue weighted by atomic mass is 10.2. The van der Waals surface area contributed by atoms with E-state index in [4.69, 9.17) is 10.5 Å². The summed E-state index contributed by atoms with van der Waals surface area (Å²) >= 11 is 0. The van der Waals surface area contributed by atoms with Crippen molar-refractivity contribution in [1.82, 2.24) is 10.9 Å². The van der Waals surface area contributed by atoms with Gasteiger partial charge in [-0.3, -0.25) is 5.43 Å². The van der Waals surface area contributed by atoms with Crippen molar-refractivity contribution < 1.29 is 18.3 Å². The van der Waals surface area contributed by atoms with E-state index in [1.165, 1.54) is 0 Å². The fourth-order valence-electron chi connectivity index (χ4n) is 1.63. The Kier molecular flexibility index (Phi) is 4.68. The Bertz CT molecular complexity index is 612. The van der Waals surface area contributed by atoms with Crippen molar-refractivity contribution in [2.24, 2.45) is 5.73 Å². The number of nitrogens with one attached hydrogen (secondary N) is 2. The second-order valence-corrected chi connectivity index (χ2v) is 4.19. The van der Waals surface area contributed by atoms with Gasteiger partial charge in [-0.1, -0.05) is 12.1 Å². The van der Waals surface area contributed by atoms with Crippen molar-refractivity contribution in [2.75, 3.05) is 0 Å². The monoisotopic (exact) mass is 293 g/mol. The lowest BCUT2D eigenvalue weighted by Gasteiger charge is -2.08. The number of carbonyl (C=O) groups excluding carboxylic acids is 1. The maximum Gasteiger partial charge on any atom is 0.326 e. The first-order valence-corrected chi connectivity index (χ1v) is 6.04. The van der Waals surface area contributed by atoms with Crippen molar-refractivity contribution in [3.05, 3.63) is 59.7 Å². The van der Waals surface area contributed by atoms with E-state index in [9.17, 15) is 13.6 Å². The number of benzene rings is 2. The summed E-state index contributed by atoms with van der Waals surface area (Å²) in [4.78, 5) is 10.5. The Balaban J connectivity index is 1.97. The summed E-state index contributed by atoms with van der Waals surface area (Å²) in [6.07, 6.45) is 0. The van der Waals surface area contributed by atoms with Gasteiger partial charge in [0, 0.05) is 24.7 Å². The molecule has 0 atom stereocenters. The number of amides is 2. The van der Waals surface area contributed by atoms with E-state index in [1.807, 2.05) is 0 Å². The third-order valence-electron chi connectivity index (χ3n) is 2.50. The smallest absolute Gasteiger partial charge is 0.326 e. The number of ether oxygens (including phenoxy) is 1. The van der Waals surface area contributed by atoms with Crippen molar-refractivity contribution >= 4 is 6.03 Å². The highest BCUT2D eigenvalue weighted by Crippen LogP contribution is 2.23. The predicted octanol–water partition coefficient (Wildman–Crippen LogP) is 2.43. The van der Waals surface area contributed by atoms with Crippen molar-refractivity contribution in [3.63, 3.8) is 0 Å². The van der Waals surface area contributed by atoms with Gasteiger partial charge in [-0.15, -0.1) is 0 Å². The summed E-state index contributed by atoms with van der Waals surface area (Å²) in [5.74, 6) is -0.896. The average Bonchev–Trinajstić information content (AvgIpc) is 2.39. The molecule has 5 nitrogen and oxygen atoms in total. The van der Waals surface area contributed by atoms with Crippen LogP contribution in [0.25, 0.3) is 0 Å². The van der Waals surface area contributed by atoms with Crippen LogP contribution in [0.3, 0.4) is 0 Å². The molecule has 0 radical (unpaired) electrons. The average molecular weight is 293 g/mol. The second kappa shape index (κ2) is 6.67. The molecule has 0 spiro atoms. The van der Waals surface area contributed by atoms with Crippen LogP contribution in [0, 0.1) is 11.6 Å². The summed E-state index contributed by atoms with van der Waals surface area (Å²) in [5, 5.41) is 0. The molecule has 0 aliphatic carbocycles. The van der Waals surface area contributed by atoms with Gasteiger partial charge in [-0.05, 0) is 17.7 Å². The van der Waals surface area contributed by atoms with E-state index >= 15 is 0 Å². The zero-order chi connectivity index (χ0) is 15.2. The summed E-state index contributed by atoms with van der Waals surface area (Å²) < 4.78 is 31.4. The molecule has 2 rings (SSSR count). The van der Waals surface area contributed by atoms with Gasteiger partial charge >= 0.3 is 6.03 Å². The Hall–Kier alpha value is -2.67. The normalized spacial score (nSPS) is 10.2. The molecule has 0 saturated heterocycles. The Morgan fingerprint density at radius 2 is 1.67 bits per heavy atom. The molecule has 0 fully saturated rings. The van der Waals surface area contributed by atoms with E-state index in [0.717, 1.165) is 23.8 Å². The third-order valence-corrected chi connectivity index (χ3v) is 2.50. The highest BCUT2D eigenvalue weighted by molar-refractivity contribution is 5.70. The van der Waals surface area contributed by atoms with Gasteiger partial charge in [0.05, 0.1) is 0 Å². The van der Waals surface area contributed by atoms with Crippen LogP contribution in [0.1, 0.15) is 5.56 Å². The van der Waals surface area contributed by atoms with Gasteiger partial charge in [-0.25, -0.2) is 19.0 Å². The number of carbonyl (C=O) groups is 1. The number of hydrogen-bond acceptors (Lipinski definition) is 3. The third kappa shape index (κ3) is 4.73. The number of urea groups is 1. The zero-order valence-electron chi connectivity index (χ0n) is 10.9. The maximum absolute atomic E-state index is 13.0. The molecule has 2 aromatic rings. The molecule has 0 aliphatic rings.